The predicted octanol–water partition coefficient (Wildman–Crippen LogP) is 1.95. The van der Waals surface area contributed by atoms with Crippen molar-refractivity contribution >= 4 is 11.4 Å². The highest BCUT2D eigenvalue weighted by Gasteiger charge is 2.02. The van der Waals surface area contributed by atoms with E-state index in [0.29, 0.717) is 0 Å². The van der Waals surface area contributed by atoms with E-state index in [-0.39, 0.29) is 0 Å². The molecule has 1 aromatic carbocycles. The van der Waals surface area contributed by atoms with E-state index in [0.717, 1.165) is 11.3 Å². The zero-order valence-electron chi connectivity index (χ0n) is 8.18. The first kappa shape index (κ1) is 8.91. The van der Waals surface area contributed by atoms with Crippen molar-refractivity contribution in [2.24, 2.45) is 0 Å². The van der Waals surface area contributed by atoms with Crippen LogP contribution in [0.4, 0.5) is 11.4 Å². The molecule has 0 aliphatic heterocycles. The van der Waals surface area contributed by atoms with Gasteiger partial charge in [-0.1, -0.05) is 0 Å². The van der Waals surface area contributed by atoms with Crippen molar-refractivity contribution in [2.75, 3.05) is 24.7 Å². The molecule has 0 heterocycles. The lowest BCUT2D eigenvalue weighted by Gasteiger charge is -2.17. The summed E-state index contributed by atoms with van der Waals surface area (Å²) in [4.78, 5) is 2.10. The summed E-state index contributed by atoms with van der Waals surface area (Å²) in [5, 5.41) is 0. The van der Waals surface area contributed by atoms with Gasteiger partial charge in [0, 0.05) is 25.5 Å². The first-order valence-electron chi connectivity index (χ1n) is 4.06. The minimum absolute atomic E-state index is 0.873. The van der Waals surface area contributed by atoms with Gasteiger partial charge < -0.3 is 10.6 Å². The Kier molecular flexibility index (Phi) is 2.27. The van der Waals surface area contributed by atoms with Gasteiger partial charge in [-0.3, -0.25) is 0 Å². The van der Waals surface area contributed by atoms with E-state index in [1.165, 1.54) is 11.3 Å². The SMILES string of the molecule is Cc1cc(N(C)C)c(C)cc1N. The summed E-state index contributed by atoms with van der Waals surface area (Å²) < 4.78 is 0. The molecule has 2 nitrogen and oxygen atoms in total. The van der Waals surface area contributed by atoms with Crippen molar-refractivity contribution in [3.05, 3.63) is 23.3 Å². The lowest BCUT2D eigenvalue weighted by Crippen LogP contribution is -2.10. The lowest BCUT2D eigenvalue weighted by atomic mass is 10.1. The van der Waals surface area contributed by atoms with Crippen LogP contribution in [0, 0.1) is 13.8 Å². The van der Waals surface area contributed by atoms with E-state index in [4.69, 9.17) is 5.73 Å². The molecule has 0 saturated carbocycles. The van der Waals surface area contributed by atoms with E-state index < -0.39 is 0 Å². The maximum absolute atomic E-state index is 5.77. The average Bonchev–Trinajstić information content (AvgIpc) is 1.96. The quantitative estimate of drug-likeness (QED) is 0.643. The first-order valence-corrected chi connectivity index (χ1v) is 4.06. The Morgan fingerprint density at radius 3 is 2.17 bits per heavy atom. The molecule has 0 amide bonds. The number of aryl methyl sites for hydroxylation is 2. The van der Waals surface area contributed by atoms with Crippen molar-refractivity contribution in [1.29, 1.82) is 0 Å². The Morgan fingerprint density at radius 2 is 1.67 bits per heavy atom. The Hall–Kier alpha value is -1.18. The number of rotatable bonds is 1. The number of benzene rings is 1. The zero-order valence-corrected chi connectivity index (χ0v) is 8.18. The van der Waals surface area contributed by atoms with Crippen LogP contribution in [-0.2, 0) is 0 Å². The summed E-state index contributed by atoms with van der Waals surface area (Å²) in [5.41, 5.74) is 10.3. The summed E-state index contributed by atoms with van der Waals surface area (Å²) in [6, 6.07) is 4.13. The summed E-state index contributed by atoms with van der Waals surface area (Å²) in [6.45, 7) is 4.10. The number of anilines is 2. The van der Waals surface area contributed by atoms with Crippen LogP contribution in [0.1, 0.15) is 11.1 Å². The van der Waals surface area contributed by atoms with Crippen LogP contribution in [0.3, 0.4) is 0 Å². The van der Waals surface area contributed by atoms with E-state index in [2.05, 4.69) is 17.9 Å². The van der Waals surface area contributed by atoms with Crippen LogP contribution < -0.4 is 10.6 Å². The van der Waals surface area contributed by atoms with Gasteiger partial charge >= 0.3 is 0 Å². The molecule has 0 atom stereocenters. The van der Waals surface area contributed by atoms with Gasteiger partial charge in [-0.2, -0.15) is 0 Å². The first-order chi connectivity index (χ1) is 5.52. The summed E-state index contributed by atoms with van der Waals surface area (Å²) in [7, 11) is 4.08. The third kappa shape index (κ3) is 1.52. The lowest BCUT2D eigenvalue weighted by molar-refractivity contribution is 1.11. The Labute approximate surface area is 74.0 Å². The van der Waals surface area contributed by atoms with Gasteiger partial charge in [0.05, 0.1) is 0 Å². The van der Waals surface area contributed by atoms with Gasteiger partial charge in [-0.25, -0.2) is 0 Å². The summed E-state index contributed by atoms with van der Waals surface area (Å²) in [6.07, 6.45) is 0. The zero-order chi connectivity index (χ0) is 9.30. The molecular weight excluding hydrogens is 148 g/mol. The second kappa shape index (κ2) is 3.05. The minimum Gasteiger partial charge on any atom is -0.399 e. The van der Waals surface area contributed by atoms with E-state index in [9.17, 15) is 0 Å². The van der Waals surface area contributed by atoms with Gasteiger partial charge in [0.1, 0.15) is 0 Å². The van der Waals surface area contributed by atoms with Crippen molar-refractivity contribution in [2.45, 2.75) is 13.8 Å². The van der Waals surface area contributed by atoms with Gasteiger partial charge in [0.2, 0.25) is 0 Å². The largest absolute Gasteiger partial charge is 0.399 e. The fourth-order valence-electron chi connectivity index (χ4n) is 1.31. The van der Waals surface area contributed by atoms with Crippen LogP contribution >= 0.6 is 0 Å². The highest BCUT2D eigenvalue weighted by molar-refractivity contribution is 5.62. The molecule has 0 aliphatic rings. The molecule has 0 spiro atoms. The molecule has 1 aromatic rings. The predicted molar refractivity (Wildman–Crippen MR) is 54.7 cm³/mol. The van der Waals surface area contributed by atoms with Gasteiger partial charge in [-0.05, 0) is 37.1 Å². The van der Waals surface area contributed by atoms with Crippen molar-refractivity contribution in [1.82, 2.24) is 0 Å². The van der Waals surface area contributed by atoms with Gasteiger partial charge in [0.25, 0.3) is 0 Å². The normalized spacial score (nSPS) is 10.0. The fourth-order valence-corrected chi connectivity index (χ4v) is 1.31. The van der Waals surface area contributed by atoms with Crippen LogP contribution in [0.15, 0.2) is 12.1 Å². The summed E-state index contributed by atoms with van der Waals surface area (Å²) >= 11 is 0. The fraction of sp³-hybridized carbons (Fsp3) is 0.400. The molecule has 0 bridgehead atoms. The van der Waals surface area contributed by atoms with Crippen LogP contribution in [0.25, 0.3) is 0 Å². The smallest absolute Gasteiger partial charge is 0.0394 e. The van der Waals surface area contributed by atoms with Crippen LogP contribution in [-0.4, -0.2) is 14.1 Å². The maximum atomic E-state index is 5.77. The third-order valence-electron chi connectivity index (χ3n) is 2.07. The molecule has 0 unspecified atom stereocenters. The van der Waals surface area contributed by atoms with E-state index in [1.54, 1.807) is 0 Å². The Morgan fingerprint density at radius 1 is 1.08 bits per heavy atom. The maximum Gasteiger partial charge on any atom is 0.0394 e. The number of nitrogens with two attached hydrogens (primary N) is 1. The number of hydrogen-bond acceptors (Lipinski definition) is 2. The molecule has 0 aromatic heterocycles. The van der Waals surface area contributed by atoms with Crippen LogP contribution in [0.5, 0.6) is 0 Å². The molecule has 12 heavy (non-hydrogen) atoms. The van der Waals surface area contributed by atoms with E-state index in [1.807, 2.05) is 27.1 Å². The molecule has 0 aliphatic carbocycles. The van der Waals surface area contributed by atoms with Crippen LogP contribution in [0.2, 0.25) is 0 Å². The number of hydrogen-bond donors (Lipinski definition) is 1. The number of nitrogen functional groups attached to an aromatic ring is 1. The Balaban J connectivity index is 3.23. The third-order valence-corrected chi connectivity index (χ3v) is 2.07. The highest BCUT2D eigenvalue weighted by atomic mass is 15.1. The summed E-state index contributed by atoms with van der Waals surface area (Å²) in [5.74, 6) is 0. The van der Waals surface area contributed by atoms with Crippen molar-refractivity contribution in [3.63, 3.8) is 0 Å². The van der Waals surface area contributed by atoms with Crippen molar-refractivity contribution in [3.8, 4) is 0 Å². The standard InChI is InChI=1S/C10H16N2/c1-7-6-10(12(3)4)8(2)5-9(7)11/h5-6H,11H2,1-4H3. The molecule has 0 radical (unpaired) electrons. The van der Waals surface area contributed by atoms with Crippen molar-refractivity contribution < 1.29 is 0 Å². The minimum atomic E-state index is 0.873. The molecule has 2 heteroatoms. The molecular formula is C10H16N2. The second-order valence-electron chi connectivity index (χ2n) is 3.39. The molecule has 0 saturated heterocycles. The Bertz CT molecular complexity index is 290. The highest BCUT2D eigenvalue weighted by Crippen LogP contribution is 2.23. The molecule has 66 valence electrons. The molecule has 2 N–H and O–H groups in total. The molecule has 1 rings (SSSR count). The topological polar surface area (TPSA) is 29.3 Å². The van der Waals surface area contributed by atoms with E-state index >= 15 is 0 Å². The molecule has 0 fully saturated rings. The average molecular weight is 164 g/mol. The van der Waals surface area contributed by atoms with Gasteiger partial charge in [0.15, 0.2) is 0 Å². The monoisotopic (exact) mass is 164 g/mol. The second-order valence-corrected chi connectivity index (χ2v) is 3.39. The van der Waals surface area contributed by atoms with Gasteiger partial charge in [-0.15, -0.1) is 0 Å². The number of nitrogens with zero attached hydrogens (tertiary/aromatic N) is 1.